The Morgan fingerprint density at radius 2 is 1.83 bits per heavy atom. The molecule has 2 N–H and O–H groups in total. The average Bonchev–Trinajstić information content (AvgIpc) is 2.68. The molecule has 1 spiro atoms. The summed E-state index contributed by atoms with van der Waals surface area (Å²) < 4.78 is 73.4. The Morgan fingerprint density at radius 3 is 2.33 bits per heavy atom. The van der Waals surface area contributed by atoms with Crippen LogP contribution in [-0.4, -0.2) is 84.6 Å². The van der Waals surface area contributed by atoms with Crippen LogP contribution >= 0.6 is 0 Å². The number of hydrogen-bond acceptors (Lipinski definition) is 5. The van der Waals surface area contributed by atoms with Crippen LogP contribution in [0.2, 0.25) is 0 Å². The van der Waals surface area contributed by atoms with Crippen molar-refractivity contribution in [3.63, 3.8) is 0 Å². The van der Waals surface area contributed by atoms with E-state index >= 15 is 0 Å². The maximum atomic E-state index is 13.5. The maximum Gasteiger partial charge on any atom is 0.407 e. The molecule has 12 heteroatoms. The number of likely N-dealkylation sites (tertiary alicyclic amines) is 1. The molecule has 1 aromatic carbocycles. The summed E-state index contributed by atoms with van der Waals surface area (Å²) in [5.74, 6) is -2.26. The number of alkyl halides is 3. The minimum absolute atomic E-state index is 0.0110. The highest BCUT2D eigenvalue weighted by molar-refractivity contribution is 7.89. The van der Waals surface area contributed by atoms with Gasteiger partial charge in [0.05, 0.1) is 23.2 Å². The third-order valence-electron chi connectivity index (χ3n) is 5.64. The molecule has 30 heavy (non-hydrogen) atoms. The highest BCUT2D eigenvalue weighted by Crippen LogP contribution is 2.40. The standard InChI is InChI=1S/C18H23F3N2O6S/c19-18(20,21)14(11-24)15-10-23(30(27,28)13-4-2-1-3-5-13)12-17(29-15)6-8-22(9-7-17)16(25)26/h1-5,14-15,24H,6-12H2,(H,25,26)/t14?,15-/m0/s1. The van der Waals surface area contributed by atoms with Crippen LogP contribution in [0.1, 0.15) is 12.8 Å². The molecule has 2 saturated heterocycles. The van der Waals surface area contributed by atoms with Crippen molar-refractivity contribution in [3.8, 4) is 0 Å². The first kappa shape index (κ1) is 22.8. The third kappa shape index (κ3) is 4.56. The molecular formula is C18H23F3N2O6S. The first-order valence-corrected chi connectivity index (χ1v) is 10.8. The number of rotatable bonds is 4. The first-order valence-electron chi connectivity index (χ1n) is 9.37. The second-order valence-corrected chi connectivity index (χ2v) is 9.49. The lowest BCUT2D eigenvalue weighted by molar-refractivity contribution is -0.253. The molecule has 1 unspecified atom stereocenters. The van der Waals surface area contributed by atoms with Crippen LogP contribution in [0.5, 0.6) is 0 Å². The number of sulfonamides is 1. The number of halogens is 3. The topological polar surface area (TPSA) is 107 Å². The number of nitrogens with zero attached hydrogens (tertiary/aromatic N) is 2. The zero-order chi connectivity index (χ0) is 22.2. The molecule has 1 aromatic rings. The fourth-order valence-electron chi connectivity index (χ4n) is 3.93. The zero-order valence-corrected chi connectivity index (χ0v) is 16.8. The summed E-state index contributed by atoms with van der Waals surface area (Å²) in [6.45, 7) is -1.98. The molecular weight excluding hydrogens is 429 g/mol. The fourth-order valence-corrected chi connectivity index (χ4v) is 5.48. The molecule has 3 rings (SSSR count). The van der Waals surface area contributed by atoms with Gasteiger partial charge in [0.15, 0.2) is 0 Å². The van der Waals surface area contributed by atoms with Crippen LogP contribution in [0, 0.1) is 5.92 Å². The SMILES string of the molecule is O=C(O)N1CCC2(CC1)CN(S(=O)(=O)c1ccccc1)C[C@@H](C(CO)C(F)(F)F)O2. The van der Waals surface area contributed by atoms with E-state index in [9.17, 15) is 31.5 Å². The third-order valence-corrected chi connectivity index (χ3v) is 7.47. The lowest BCUT2D eigenvalue weighted by Crippen LogP contribution is -2.63. The molecule has 2 fully saturated rings. The van der Waals surface area contributed by atoms with Gasteiger partial charge in [0.2, 0.25) is 10.0 Å². The molecule has 8 nitrogen and oxygen atoms in total. The zero-order valence-electron chi connectivity index (χ0n) is 16.0. The fraction of sp³-hybridized carbons (Fsp3) is 0.611. The molecule has 2 heterocycles. The number of benzene rings is 1. The summed E-state index contributed by atoms with van der Waals surface area (Å²) in [4.78, 5) is 12.2. The van der Waals surface area contributed by atoms with Crippen molar-refractivity contribution in [3.05, 3.63) is 30.3 Å². The van der Waals surface area contributed by atoms with Gasteiger partial charge in [0.1, 0.15) is 5.92 Å². The number of hydrogen-bond donors (Lipinski definition) is 2. The van der Waals surface area contributed by atoms with E-state index in [1.54, 1.807) is 6.07 Å². The molecule has 0 saturated carbocycles. The van der Waals surface area contributed by atoms with Gasteiger partial charge in [0.25, 0.3) is 0 Å². The number of amides is 1. The van der Waals surface area contributed by atoms with E-state index in [0.717, 1.165) is 9.21 Å². The van der Waals surface area contributed by atoms with Gasteiger partial charge in [-0.05, 0) is 25.0 Å². The van der Waals surface area contributed by atoms with Crippen molar-refractivity contribution in [1.29, 1.82) is 0 Å². The Hall–Kier alpha value is -1.89. The molecule has 2 aliphatic heterocycles. The summed E-state index contributed by atoms with van der Waals surface area (Å²) >= 11 is 0. The van der Waals surface area contributed by atoms with E-state index in [4.69, 9.17) is 9.84 Å². The van der Waals surface area contributed by atoms with Gasteiger partial charge in [-0.25, -0.2) is 13.2 Å². The lowest BCUT2D eigenvalue weighted by atomic mass is 9.88. The number of ether oxygens (including phenoxy) is 1. The van der Waals surface area contributed by atoms with E-state index in [0.29, 0.717) is 0 Å². The van der Waals surface area contributed by atoms with Crippen LogP contribution in [-0.2, 0) is 14.8 Å². The van der Waals surface area contributed by atoms with E-state index < -0.39 is 53.1 Å². The van der Waals surface area contributed by atoms with Crippen molar-refractivity contribution in [2.45, 2.75) is 35.6 Å². The molecule has 2 aliphatic rings. The van der Waals surface area contributed by atoms with Crippen LogP contribution in [0.4, 0.5) is 18.0 Å². The number of aliphatic hydroxyl groups excluding tert-OH is 1. The van der Waals surface area contributed by atoms with Gasteiger partial charge in [-0.15, -0.1) is 0 Å². The Bertz CT molecular complexity index is 856. The predicted molar refractivity (Wildman–Crippen MR) is 98.3 cm³/mol. The minimum Gasteiger partial charge on any atom is -0.465 e. The van der Waals surface area contributed by atoms with Crippen molar-refractivity contribution in [2.24, 2.45) is 5.92 Å². The number of piperidine rings is 1. The molecule has 0 radical (unpaired) electrons. The summed E-state index contributed by atoms with van der Waals surface area (Å²) in [6.07, 6.45) is -7.46. The maximum absolute atomic E-state index is 13.5. The normalized spacial score (nSPS) is 24.0. The number of carbonyl (C=O) groups is 1. The van der Waals surface area contributed by atoms with Gasteiger partial charge >= 0.3 is 12.3 Å². The Labute approximate surface area is 171 Å². The van der Waals surface area contributed by atoms with Gasteiger partial charge in [-0.3, -0.25) is 0 Å². The Balaban J connectivity index is 1.94. The lowest BCUT2D eigenvalue weighted by Gasteiger charge is -2.50. The van der Waals surface area contributed by atoms with Crippen LogP contribution in [0.3, 0.4) is 0 Å². The van der Waals surface area contributed by atoms with Crippen molar-refractivity contribution in [1.82, 2.24) is 9.21 Å². The van der Waals surface area contributed by atoms with Crippen LogP contribution in [0.15, 0.2) is 35.2 Å². The van der Waals surface area contributed by atoms with Gasteiger partial charge < -0.3 is 19.8 Å². The van der Waals surface area contributed by atoms with E-state index in [1.807, 2.05) is 0 Å². The van der Waals surface area contributed by atoms with Gasteiger partial charge in [-0.1, -0.05) is 18.2 Å². The van der Waals surface area contributed by atoms with Crippen molar-refractivity contribution >= 4 is 16.1 Å². The smallest absolute Gasteiger partial charge is 0.407 e. The molecule has 168 valence electrons. The Morgan fingerprint density at radius 1 is 1.23 bits per heavy atom. The molecule has 1 amide bonds. The number of morpholine rings is 1. The highest BCUT2D eigenvalue weighted by atomic mass is 32.2. The summed E-state index contributed by atoms with van der Waals surface area (Å²) in [6, 6.07) is 7.35. The average molecular weight is 452 g/mol. The minimum atomic E-state index is -4.79. The van der Waals surface area contributed by atoms with E-state index in [-0.39, 0.29) is 37.4 Å². The summed E-state index contributed by atoms with van der Waals surface area (Å²) in [5.41, 5.74) is -1.27. The monoisotopic (exact) mass is 452 g/mol. The largest absolute Gasteiger partial charge is 0.465 e. The molecule has 2 atom stereocenters. The highest BCUT2D eigenvalue weighted by Gasteiger charge is 2.53. The predicted octanol–water partition coefficient (Wildman–Crippen LogP) is 1.76. The van der Waals surface area contributed by atoms with Crippen LogP contribution in [0.25, 0.3) is 0 Å². The van der Waals surface area contributed by atoms with Gasteiger partial charge in [0, 0.05) is 26.2 Å². The molecule has 0 aliphatic carbocycles. The quantitative estimate of drug-likeness (QED) is 0.721. The van der Waals surface area contributed by atoms with Gasteiger partial charge in [-0.2, -0.15) is 17.5 Å². The summed E-state index contributed by atoms with van der Waals surface area (Å²) in [5, 5.41) is 18.5. The molecule has 0 bridgehead atoms. The second-order valence-electron chi connectivity index (χ2n) is 7.55. The molecule has 0 aromatic heterocycles. The van der Waals surface area contributed by atoms with E-state index in [2.05, 4.69) is 0 Å². The van der Waals surface area contributed by atoms with E-state index in [1.165, 1.54) is 24.3 Å². The summed E-state index contributed by atoms with van der Waals surface area (Å²) in [7, 11) is -4.11. The first-order chi connectivity index (χ1) is 14.0. The Kier molecular flexibility index (Phi) is 6.33. The van der Waals surface area contributed by atoms with Crippen LogP contribution < -0.4 is 0 Å². The van der Waals surface area contributed by atoms with Crippen molar-refractivity contribution in [2.75, 3.05) is 32.8 Å². The number of carboxylic acid groups (broad SMARTS) is 1. The number of aliphatic hydroxyl groups is 1. The second kappa shape index (κ2) is 8.33. The van der Waals surface area contributed by atoms with Crippen molar-refractivity contribution < 1.29 is 41.3 Å².